The molecular formula is C14H17NO4. The third-order valence-corrected chi connectivity index (χ3v) is 3.43. The van der Waals surface area contributed by atoms with Crippen molar-refractivity contribution in [2.24, 2.45) is 0 Å². The molecule has 1 aliphatic rings. The van der Waals surface area contributed by atoms with Crippen LogP contribution < -0.4 is 5.32 Å². The lowest BCUT2D eigenvalue weighted by molar-refractivity contribution is 0.0696. The highest BCUT2D eigenvalue weighted by molar-refractivity contribution is 5.96. The van der Waals surface area contributed by atoms with Gasteiger partial charge in [-0.3, -0.25) is 4.79 Å². The van der Waals surface area contributed by atoms with Crippen LogP contribution in [0.4, 0.5) is 0 Å². The standard InChI is InChI=1S/C14H17NO4/c16-12-7-5-11(6-8-12)15-13(17)9-1-3-10(4-2-9)14(18)19/h1-4,11-12,16H,5-8H2,(H,15,17)(H,18,19). The van der Waals surface area contributed by atoms with E-state index in [0.29, 0.717) is 18.4 Å². The third kappa shape index (κ3) is 3.54. The maximum atomic E-state index is 12.0. The molecule has 0 saturated heterocycles. The highest BCUT2D eigenvalue weighted by Crippen LogP contribution is 2.18. The van der Waals surface area contributed by atoms with Gasteiger partial charge in [0, 0.05) is 11.6 Å². The molecule has 1 aromatic rings. The number of amides is 1. The minimum Gasteiger partial charge on any atom is -0.478 e. The summed E-state index contributed by atoms with van der Waals surface area (Å²) < 4.78 is 0. The van der Waals surface area contributed by atoms with Crippen molar-refractivity contribution < 1.29 is 19.8 Å². The Labute approximate surface area is 111 Å². The van der Waals surface area contributed by atoms with Gasteiger partial charge in [0.2, 0.25) is 0 Å². The second kappa shape index (κ2) is 5.84. The fourth-order valence-electron chi connectivity index (χ4n) is 2.25. The SMILES string of the molecule is O=C(O)c1ccc(C(=O)NC2CCC(O)CC2)cc1. The van der Waals surface area contributed by atoms with Crippen LogP contribution >= 0.6 is 0 Å². The largest absolute Gasteiger partial charge is 0.478 e. The van der Waals surface area contributed by atoms with Gasteiger partial charge >= 0.3 is 5.97 Å². The number of carboxylic acids is 1. The summed E-state index contributed by atoms with van der Waals surface area (Å²) in [6.45, 7) is 0. The lowest BCUT2D eigenvalue weighted by Gasteiger charge is -2.26. The van der Waals surface area contributed by atoms with Crippen molar-refractivity contribution >= 4 is 11.9 Å². The van der Waals surface area contributed by atoms with E-state index in [2.05, 4.69) is 5.32 Å². The van der Waals surface area contributed by atoms with E-state index in [1.807, 2.05) is 0 Å². The topological polar surface area (TPSA) is 86.6 Å². The van der Waals surface area contributed by atoms with Gasteiger partial charge in [0.25, 0.3) is 5.91 Å². The van der Waals surface area contributed by atoms with Crippen LogP contribution in [0.3, 0.4) is 0 Å². The lowest BCUT2D eigenvalue weighted by Crippen LogP contribution is -2.38. The van der Waals surface area contributed by atoms with Crippen LogP contribution in [-0.2, 0) is 0 Å². The Balaban J connectivity index is 1.94. The van der Waals surface area contributed by atoms with E-state index >= 15 is 0 Å². The van der Waals surface area contributed by atoms with Gasteiger partial charge in [0.15, 0.2) is 0 Å². The zero-order valence-electron chi connectivity index (χ0n) is 10.5. The molecule has 5 heteroatoms. The normalized spacial score (nSPS) is 22.8. The van der Waals surface area contributed by atoms with Crippen molar-refractivity contribution in [2.75, 3.05) is 0 Å². The minimum atomic E-state index is -1.01. The molecule has 0 aromatic heterocycles. The fourth-order valence-corrected chi connectivity index (χ4v) is 2.25. The van der Waals surface area contributed by atoms with Gasteiger partial charge in [-0.25, -0.2) is 4.79 Å². The first kappa shape index (κ1) is 13.5. The van der Waals surface area contributed by atoms with E-state index in [0.717, 1.165) is 12.8 Å². The molecule has 0 heterocycles. The smallest absolute Gasteiger partial charge is 0.335 e. The molecule has 0 radical (unpaired) electrons. The molecule has 102 valence electrons. The van der Waals surface area contributed by atoms with Crippen molar-refractivity contribution in [3.8, 4) is 0 Å². The van der Waals surface area contributed by atoms with Gasteiger partial charge in [0.05, 0.1) is 11.7 Å². The van der Waals surface area contributed by atoms with Crippen LogP contribution in [0.2, 0.25) is 0 Å². The van der Waals surface area contributed by atoms with Crippen LogP contribution in [0, 0.1) is 0 Å². The lowest BCUT2D eigenvalue weighted by atomic mass is 9.93. The molecule has 3 N–H and O–H groups in total. The average molecular weight is 263 g/mol. The van der Waals surface area contributed by atoms with Crippen molar-refractivity contribution in [3.63, 3.8) is 0 Å². The monoisotopic (exact) mass is 263 g/mol. The number of aliphatic hydroxyl groups excluding tert-OH is 1. The Morgan fingerprint density at radius 2 is 1.53 bits per heavy atom. The van der Waals surface area contributed by atoms with Gasteiger partial charge in [-0.2, -0.15) is 0 Å². The molecule has 19 heavy (non-hydrogen) atoms. The highest BCUT2D eigenvalue weighted by atomic mass is 16.4. The summed E-state index contributed by atoms with van der Waals surface area (Å²) in [4.78, 5) is 22.7. The molecule has 1 fully saturated rings. The molecule has 1 amide bonds. The number of rotatable bonds is 3. The summed E-state index contributed by atoms with van der Waals surface area (Å²) in [5, 5.41) is 21.1. The van der Waals surface area contributed by atoms with Crippen LogP contribution in [0.25, 0.3) is 0 Å². The van der Waals surface area contributed by atoms with Crippen molar-refractivity contribution in [2.45, 2.75) is 37.8 Å². The molecule has 0 bridgehead atoms. The molecule has 0 aliphatic heterocycles. The van der Waals surface area contributed by atoms with Gasteiger partial charge in [-0.05, 0) is 49.9 Å². The van der Waals surface area contributed by atoms with Gasteiger partial charge < -0.3 is 15.5 Å². The van der Waals surface area contributed by atoms with Gasteiger partial charge in [-0.15, -0.1) is 0 Å². The Hall–Kier alpha value is -1.88. The van der Waals surface area contributed by atoms with Crippen LogP contribution in [0.15, 0.2) is 24.3 Å². The molecule has 1 saturated carbocycles. The first-order valence-corrected chi connectivity index (χ1v) is 6.38. The van der Waals surface area contributed by atoms with Gasteiger partial charge in [-0.1, -0.05) is 0 Å². The maximum Gasteiger partial charge on any atom is 0.335 e. The first-order valence-electron chi connectivity index (χ1n) is 6.38. The quantitative estimate of drug-likeness (QED) is 0.769. The number of carbonyl (C=O) groups excluding carboxylic acids is 1. The highest BCUT2D eigenvalue weighted by Gasteiger charge is 2.21. The average Bonchev–Trinajstić information content (AvgIpc) is 2.41. The predicted molar refractivity (Wildman–Crippen MR) is 69.1 cm³/mol. The van der Waals surface area contributed by atoms with Crippen LogP contribution in [0.5, 0.6) is 0 Å². The van der Waals surface area contributed by atoms with E-state index in [1.165, 1.54) is 24.3 Å². The van der Waals surface area contributed by atoms with Crippen LogP contribution in [-0.4, -0.2) is 34.2 Å². The van der Waals surface area contributed by atoms with Crippen molar-refractivity contribution in [1.82, 2.24) is 5.32 Å². The summed E-state index contributed by atoms with van der Waals surface area (Å²) in [6.07, 6.45) is 2.73. The van der Waals surface area contributed by atoms with Crippen molar-refractivity contribution in [3.05, 3.63) is 35.4 Å². The number of carboxylic acid groups (broad SMARTS) is 1. The van der Waals surface area contributed by atoms with E-state index in [9.17, 15) is 14.7 Å². The Morgan fingerprint density at radius 3 is 2.05 bits per heavy atom. The van der Waals surface area contributed by atoms with Crippen molar-refractivity contribution in [1.29, 1.82) is 0 Å². The number of aromatic carboxylic acids is 1. The molecule has 5 nitrogen and oxygen atoms in total. The van der Waals surface area contributed by atoms with E-state index < -0.39 is 5.97 Å². The number of aliphatic hydroxyl groups is 1. The molecule has 0 spiro atoms. The molecular weight excluding hydrogens is 246 g/mol. The Morgan fingerprint density at radius 1 is 1.00 bits per heavy atom. The number of hydrogen-bond acceptors (Lipinski definition) is 3. The molecule has 1 aromatic carbocycles. The zero-order chi connectivity index (χ0) is 13.8. The molecule has 0 unspecified atom stereocenters. The summed E-state index contributed by atoms with van der Waals surface area (Å²) in [7, 11) is 0. The first-order chi connectivity index (χ1) is 9.06. The van der Waals surface area contributed by atoms with E-state index in [1.54, 1.807) is 0 Å². The number of hydrogen-bond donors (Lipinski definition) is 3. The maximum absolute atomic E-state index is 12.0. The summed E-state index contributed by atoms with van der Waals surface area (Å²) in [6, 6.07) is 5.95. The predicted octanol–water partition coefficient (Wildman–Crippen LogP) is 1.42. The second-order valence-corrected chi connectivity index (χ2v) is 4.86. The second-order valence-electron chi connectivity index (χ2n) is 4.86. The summed E-state index contributed by atoms with van der Waals surface area (Å²) in [5.74, 6) is -1.20. The number of nitrogens with one attached hydrogen (secondary N) is 1. The number of carbonyl (C=O) groups is 2. The minimum absolute atomic E-state index is 0.0926. The third-order valence-electron chi connectivity index (χ3n) is 3.43. The zero-order valence-corrected chi connectivity index (χ0v) is 10.5. The van der Waals surface area contributed by atoms with E-state index in [4.69, 9.17) is 5.11 Å². The van der Waals surface area contributed by atoms with Crippen LogP contribution in [0.1, 0.15) is 46.4 Å². The summed E-state index contributed by atoms with van der Waals surface area (Å²) >= 11 is 0. The molecule has 0 atom stereocenters. The molecule has 1 aliphatic carbocycles. The Bertz CT molecular complexity index is 461. The van der Waals surface area contributed by atoms with Gasteiger partial charge in [0.1, 0.15) is 0 Å². The number of benzene rings is 1. The Kier molecular flexibility index (Phi) is 4.16. The fraction of sp³-hybridized carbons (Fsp3) is 0.429. The van der Waals surface area contributed by atoms with E-state index in [-0.39, 0.29) is 23.6 Å². The molecule has 2 rings (SSSR count). The summed E-state index contributed by atoms with van der Waals surface area (Å²) in [5.41, 5.74) is 0.619.